The van der Waals surface area contributed by atoms with Gasteiger partial charge in [0.05, 0.1) is 0 Å². The maximum absolute atomic E-state index is 12.1. The van der Waals surface area contributed by atoms with Crippen LogP contribution in [0.1, 0.15) is 44.6 Å². The molecule has 1 N–H and O–H groups in total. The second-order valence-corrected chi connectivity index (χ2v) is 4.85. The van der Waals surface area contributed by atoms with Crippen molar-refractivity contribution in [3.8, 4) is 0 Å². The standard InChI is InChI=1S/C12H17N3O/c16-12-11(14-9-3-1-2-4-9)13-7-8-15(12)10-5-6-10/h7-10H,1-6H2,(H,13,14). The van der Waals surface area contributed by atoms with Gasteiger partial charge < -0.3 is 9.88 Å². The number of rotatable bonds is 3. The minimum Gasteiger partial charge on any atom is -0.363 e. The molecule has 2 saturated carbocycles. The zero-order valence-corrected chi connectivity index (χ0v) is 9.35. The molecule has 4 nitrogen and oxygen atoms in total. The lowest BCUT2D eigenvalue weighted by Crippen LogP contribution is -2.27. The van der Waals surface area contributed by atoms with Gasteiger partial charge in [-0.25, -0.2) is 4.98 Å². The minimum absolute atomic E-state index is 0.0527. The van der Waals surface area contributed by atoms with Crippen molar-refractivity contribution in [2.45, 2.75) is 50.6 Å². The summed E-state index contributed by atoms with van der Waals surface area (Å²) in [5.74, 6) is 0.543. The predicted molar refractivity (Wildman–Crippen MR) is 62.6 cm³/mol. The van der Waals surface area contributed by atoms with Crippen LogP contribution in [-0.4, -0.2) is 15.6 Å². The Labute approximate surface area is 94.7 Å². The Hall–Kier alpha value is -1.32. The Balaban J connectivity index is 1.82. The van der Waals surface area contributed by atoms with Gasteiger partial charge in [-0.1, -0.05) is 12.8 Å². The molecule has 16 heavy (non-hydrogen) atoms. The van der Waals surface area contributed by atoms with Crippen LogP contribution in [0.4, 0.5) is 5.82 Å². The number of hydrogen-bond acceptors (Lipinski definition) is 3. The molecule has 2 fully saturated rings. The van der Waals surface area contributed by atoms with E-state index in [1.807, 2.05) is 4.57 Å². The molecular formula is C12H17N3O. The van der Waals surface area contributed by atoms with Crippen LogP contribution in [0.3, 0.4) is 0 Å². The van der Waals surface area contributed by atoms with E-state index in [0.29, 0.717) is 17.9 Å². The molecule has 2 aliphatic rings. The van der Waals surface area contributed by atoms with E-state index in [1.165, 1.54) is 25.7 Å². The molecule has 4 heteroatoms. The van der Waals surface area contributed by atoms with E-state index in [4.69, 9.17) is 0 Å². The number of aromatic nitrogens is 2. The first-order valence-corrected chi connectivity index (χ1v) is 6.18. The summed E-state index contributed by atoms with van der Waals surface area (Å²) in [4.78, 5) is 16.2. The lowest BCUT2D eigenvalue weighted by Gasteiger charge is -2.13. The van der Waals surface area contributed by atoms with E-state index in [1.54, 1.807) is 12.4 Å². The van der Waals surface area contributed by atoms with Crippen LogP contribution in [0.5, 0.6) is 0 Å². The molecule has 1 heterocycles. The molecule has 0 saturated heterocycles. The highest BCUT2D eigenvalue weighted by Gasteiger charge is 2.25. The van der Waals surface area contributed by atoms with Crippen molar-refractivity contribution in [3.63, 3.8) is 0 Å². The zero-order chi connectivity index (χ0) is 11.0. The summed E-state index contributed by atoms with van der Waals surface area (Å²) in [7, 11) is 0. The molecule has 0 radical (unpaired) electrons. The average molecular weight is 219 g/mol. The van der Waals surface area contributed by atoms with Gasteiger partial charge in [0, 0.05) is 24.5 Å². The van der Waals surface area contributed by atoms with Gasteiger partial charge in [0.2, 0.25) is 0 Å². The summed E-state index contributed by atoms with van der Waals surface area (Å²) in [5.41, 5.74) is 0.0527. The van der Waals surface area contributed by atoms with Crippen molar-refractivity contribution < 1.29 is 0 Å². The monoisotopic (exact) mass is 219 g/mol. The third-order valence-electron chi connectivity index (χ3n) is 3.50. The van der Waals surface area contributed by atoms with E-state index in [-0.39, 0.29) is 5.56 Å². The summed E-state index contributed by atoms with van der Waals surface area (Å²) in [6, 6.07) is 0.884. The first-order chi connectivity index (χ1) is 7.84. The van der Waals surface area contributed by atoms with Crippen LogP contribution in [0, 0.1) is 0 Å². The fourth-order valence-electron chi connectivity index (χ4n) is 2.43. The van der Waals surface area contributed by atoms with Gasteiger partial charge in [-0.3, -0.25) is 4.79 Å². The average Bonchev–Trinajstić information content (AvgIpc) is 3.00. The summed E-state index contributed by atoms with van der Waals surface area (Å²) < 4.78 is 1.82. The third-order valence-corrected chi connectivity index (χ3v) is 3.50. The highest BCUT2D eigenvalue weighted by molar-refractivity contribution is 5.33. The molecule has 0 aliphatic heterocycles. The highest BCUT2D eigenvalue weighted by atomic mass is 16.1. The largest absolute Gasteiger partial charge is 0.363 e. The van der Waals surface area contributed by atoms with Crippen LogP contribution in [-0.2, 0) is 0 Å². The summed E-state index contributed by atoms with van der Waals surface area (Å²) in [6.45, 7) is 0. The van der Waals surface area contributed by atoms with Gasteiger partial charge in [-0.05, 0) is 25.7 Å². The van der Waals surface area contributed by atoms with Crippen LogP contribution < -0.4 is 10.9 Å². The number of hydrogen-bond donors (Lipinski definition) is 1. The molecule has 0 atom stereocenters. The third kappa shape index (κ3) is 1.84. The van der Waals surface area contributed by atoms with Crippen molar-refractivity contribution in [1.82, 2.24) is 9.55 Å². The summed E-state index contributed by atoms with van der Waals surface area (Å²) >= 11 is 0. The van der Waals surface area contributed by atoms with Gasteiger partial charge in [0.25, 0.3) is 5.56 Å². The van der Waals surface area contributed by atoms with Crippen molar-refractivity contribution in [2.24, 2.45) is 0 Å². The number of nitrogens with zero attached hydrogens (tertiary/aromatic N) is 2. The first-order valence-electron chi connectivity index (χ1n) is 6.18. The maximum atomic E-state index is 12.1. The molecule has 0 unspecified atom stereocenters. The van der Waals surface area contributed by atoms with E-state index >= 15 is 0 Å². The van der Waals surface area contributed by atoms with E-state index in [9.17, 15) is 4.79 Å². The van der Waals surface area contributed by atoms with Crippen LogP contribution in [0.2, 0.25) is 0 Å². The van der Waals surface area contributed by atoms with Crippen LogP contribution in [0.15, 0.2) is 17.2 Å². The van der Waals surface area contributed by atoms with E-state index < -0.39 is 0 Å². The normalized spacial score (nSPS) is 21.2. The SMILES string of the molecule is O=c1c(NC2CCCC2)nccn1C1CC1. The first kappa shape index (κ1) is 9.87. The van der Waals surface area contributed by atoms with Gasteiger partial charge in [0.1, 0.15) is 0 Å². The topological polar surface area (TPSA) is 46.9 Å². The quantitative estimate of drug-likeness (QED) is 0.845. The van der Waals surface area contributed by atoms with Crippen LogP contribution in [0.25, 0.3) is 0 Å². The van der Waals surface area contributed by atoms with Crippen LogP contribution >= 0.6 is 0 Å². The lowest BCUT2D eigenvalue weighted by atomic mass is 10.2. The van der Waals surface area contributed by atoms with E-state index in [2.05, 4.69) is 10.3 Å². The molecule has 86 valence electrons. The molecule has 1 aromatic rings. The van der Waals surface area contributed by atoms with Crippen molar-refractivity contribution in [1.29, 1.82) is 0 Å². The fourth-order valence-corrected chi connectivity index (χ4v) is 2.43. The number of nitrogens with one attached hydrogen (secondary N) is 1. The smallest absolute Gasteiger partial charge is 0.293 e. The van der Waals surface area contributed by atoms with Crippen molar-refractivity contribution in [3.05, 3.63) is 22.7 Å². The second kappa shape index (κ2) is 3.92. The molecule has 3 rings (SSSR count). The maximum Gasteiger partial charge on any atom is 0.293 e. The predicted octanol–water partition coefficient (Wildman–Crippen LogP) is 1.93. The van der Waals surface area contributed by atoms with Gasteiger partial charge in [-0.15, -0.1) is 0 Å². The molecule has 0 spiro atoms. The Morgan fingerprint density at radius 2 is 2.00 bits per heavy atom. The molecule has 0 aromatic carbocycles. The number of anilines is 1. The van der Waals surface area contributed by atoms with Gasteiger partial charge in [-0.2, -0.15) is 0 Å². The molecular weight excluding hydrogens is 202 g/mol. The second-order valence-electron chi connectivity index (χ2n) is 4.85. The van der Waals surface area contributed by atoms with Gasteiger partial charge >= 0.3 is 0 Å². The Kier molecular flexibility index (Phi) is 2.42. The summed E-state index contributed by atoms with van der Waals surface area (Å²) in [5, 5.41) is 3.29. The zero-order valence-electron chi connectivity index (χ0n) is 9.35. The minimum atomic E-state index is 0.0527. The Morgan fingerprint density at radius 3 is 2.69 bits per heavy atom. The molecule has 2 aliphatic carbocycles. The fraction of sp³-hybridized carbons (Fsp3) is 0.667. The molecule has 1 aromatic heterocycles. The Bertz CT molecular complexity index is 430. The van der Waals surface area contributed by atoms with Gasteiger partial charge in [0.15, 0.2) is 5.82 Å². The highest BCUT2D eigenvalue weighted by Crippen LogP contribution is 2.33. The summed E-state index contributed by atoms with van der Waals surface area (Å²) in [6.07, 6.45) is 10.7. The van der Waals surface area contributed by atoms with Crippen molar-refractivity contribution in [2.75, 3.05) is 5.32 Å². The molecule has 0 bridgehead atoms. The van der Waals surface area contributed by atoms with Crippen molar-refractivity contribution >= 4 is 5.82 Å². The lowest BCUT2D eigenvalue weighted by molar-refractivity contribution is 0.688. The molecule has 0 amide bonds. The Morgan fingerprint density at radius 1 is 1.25 bits per heavy atom. The van der Waals surface area contributed by atoms with E-state index in [0.717, 1.165) is 12.8 Å².